The summed E-state index contributed by atoms with van der Waals surface area (Å²) in [4.78, 5) is 4.65. The summed E-state index contributed by atoms with van der Waals surface area (Å²) in [5, 5.41) is 10.8. The van der Waals surface area contributed by atoms with Gasteiger partial charge in [-0.15, -0.1) is 0 Å². The first-order valence-electron chi connectivity index (χ1n) is 8.83. The molecule has 0 radical (unpaired) electrons. The molecule has 1 aromatic carbocycles. The smallest absolute Gasteiger partial charge is 0.191 e. The molecule has 0 saturated carbocycles. The Labute approximate surface area is 149 Å². The summed E-state index contributed by atoms with van der Waals surface area (Å²) in [6.07, 6.45) is 4.59. The minimum Gasteiger partial charge on any atom is -0.357 e. The standard InChI is InChI=1S/C19H28FN5/c1-4-21-19(23-13-15(2)14-25-11-5-9-24-25)22-10-8-17-6-7-18(20)12-16(17)3/h5-7,9,11-12,15H,4,8,10,13-14H2,1-3H3,(H2,21,22,23). The second-order valence-electron chi connectivity index (χ2n) is 6.30. The number of aryl methyl sites for hydroxylation is 1. The third-order valence-corrected chi connectivity index (χ3v) is 3.95. The summed E-state index contributed by atoms with van der Waals surface area (Å²) in [6.45, 7) is 9.30. The molecule has 0 aliphatic carbocycles. The molecule has 0 aliphatic heterocycles. The first-order valence-corrected chi connectivity index (χ1v) is 8.83. The highest BCUT2D eigenvalue weighted by molar-refractivity contribution is 5.79. The van der Waals surface area contributed by atoms with Crippen molar-refractivity contribution in [2.75, 3.05) is 19.6 Å². The Morgan fingerprint density at radius 3 is 2.88 bits per heavy atom. The molecule has 1 unspecified atom stereocenters. The molecule has 0 amide bonds. The van der Waals surface area contributed by atoms with Gasteiger partial charge in [0.15, 0.2) is 5.96 Å². The van der Waals surface area contributed by atoms with Crippen molar-refractivity contribution in [2.24, 2.45) is 10.9 Å². The first-order chi connectivity index (χ1) is 12.1. The van der Waals surface area contributed by atoms with Crippen molar-refractivity contribution in [3.63, 3.8) is 0 Å². The molecule has 1 aromatic heterocycles. The fourth-order valence-electron chi connectivity index (χ4n) is 2.63. The van der Waals surface area contributed by atoms with Gasteiger partial charge >= 0.3 is 0 Å². The largest absolute Gasteiger partial charge is 0.357 e. The Balaban J connectivity index is 1.82. The SMILES string of the molecule is CCNC(=NCC(C)Cn1cccn1)NCCc1ccc(F)cc1C. The van der Waals surface area contributed by atoms with Crippen molar-refractivity contribution in [3.05, 3.63) is 53.6 Å². The highest BCUT2D eigenvalue weighted by atomic mass is 19.1. The highest BCUT2D eigenvalue weighted by Gasteiger charge is 2.05. The van der Waals surface area contributed by atoms with Crippen LogP contribution in [0.5, 0.6) is 0 Å². The van der Waals surface area contributed by atoms with Crippen molar-refractivity contribution in [1.29, 1.82) is 0 Å². The van der Waals surface area contributed by atoms with Gasteiger partial charge in [0.2, 0.25) is 0 Å². The van der Waals surface area contributed by atoms with Crippen LogP contribution >= 0.6 is 0 Å². The number of benzene rings is 1. The fraction of sp³-hybridized carbons (Fsp3) is 0.474. The molecule has 2 N–H and O–H groups in total. The van der Waals surface area contributed by atoms with Gasteiger partial charge in [-0.25, -0.2) is 4.39 Å². The van der Waals surface area contributed by atoms with E-state index in [-0.39, 0.29) is 5.82 Å². The summed E-state index contributed by atoms with van der Waals surface area (Å²) in [7, 11) is 0. The quantitative estimate of drug-likeness (QED) is 0.571. The number of rotatable bonds is 8. The van der Waals surface area contributed by atoms with Crippen LogP contribution in [0.1, 0.15) is 25.0 Å². The van der Waals surface area contributed by atoms with E-state index in [1.807, 2.05) is 29.9 Å². The zero-order chi connectivity index (χ0) is 18.1. The molecule has 0 aliphatic rings. The zero-order valence-corrected chi connectivity index (χ0v) is 15.3. The lowest BCUT2D eigenvalue weighted by Gasteiger charge is -2.14. The topological polar surface area (TPSA) is 54.2 Å². The summed E-state index contributed by atoms with van der Waals surface area (Å²) >= 11 is 0. The Bertz CT molecular complexity index is 666. The average molecular weight is 345 g/mol. The van der Waals surface area contributed by atoms with Gasteiger partial charge in [-0.1, -0.05) is 13.0 Å². The van der Waals surface area contributed by atoms with Crippen molar-refractivity contribution in [2.45, 2.75) is 33.7 Å². The van der Waals surface area contributed by atoms with E-state index in [2.05, 4.69) is 34.6 Å². The molecule has 2 rings (SSSR count). The number of nitrogens with one attached hydrogen (secondary N) is 2. The predicted octanol–water partition coefficient (Wildman–Crippen LogP) is 2.76. The number of hydrogen-bond donors (Lipinski definition) is 2. The van der Waals surface area contributed by atoms with Crippen LogP contribution in [0.4, 0.5) is 4.39 Å². The second kappa shape index (κ2) is 9.81. The molecular formula is C19H28FN5. The number of aliphatic imine (C=N–C) groups is 1. The molecular weight excluding hydrogens is 317 g/mol. The van der Waals surface area contributed by atoms with Crippen LogP contribution in [0, 0.1) is 18.7 Å². The Hall–Kier alpha value is -2.37. The van der Waals surface area contributed by atoms with E-state index in [9.17, 15) is 4.39 Å². The maximum atomic E-state index is 13.2. The Morgan fingerprint density at radius 2 is 2.20 bits per heavy atom. The molecule has 136 valence electrons. The lowest BCUT2D eigenvalue weighted by Crippen LogP contribution is -2.38. The van der Waals surface area contributed by atoms with E-state index in [1.165, 1.54) is 6.07 Å². The van der Waals surface area contributed by atoms with Gasteiger partial charge in [0, 0.05) is 38.6 Å². The monoisotopic (exact) mass is 345 g/mol. The van der Waals surface area contributed by atoms with Gasteiger partial charge in [0.1, 0.15) is 5.82 Å². The van der Waals surface area contributed by atoms with Crippen molar-refractivity contribution in [1.82, 2.24) is 20.4 Å². The van der Waals surface area contributed by atoms with E-state index in [4.69, 9.17) is 0 Å². The molecule has 6 heteroatoms. The number of aromatic nitrogens is 2. The van der Waals surface area contributed by atoms with E-state index >= 15 is 0 Å². The molecule has 0 bridgehead atoms. The lowest BCUT2D eigenvalue weighted by atomic mass is 10.1. The average Bonchev–Trinajstić information content (AvgIpc) is 3.07. The predicted molar refractivity (Wildman–Crippen MR) is 100 cm³/mol. The molecule has 0 saturated heterocycles. The lowest BCUT2D eigenvalue weighted by molar-refractivity contribution is 0.458. The first kappa shape index (κ1) is 19.0. The fourth-order valence-corrected chi connectivity index (χ4v) is 2.63. The van der Waals surface area contributed by atoms with Crippen molar-refractivity contribution >= 4 is 5.96 Å². The zero-order valence-electron chi connectivity index (χ0n) is 15.3. The van der Waals surface area contributed by atoms with Gasteiger partial charge < -0.3 is 10.6 Å². The van der Waals surface area contributed by atoms with Gasteiger partial charge in [-0.05, 0) is 55.5 Å². The van der Waals surface area contributed by atoms with E-state index < -0.39 is 0 Å². The van der Waals surface area contributed by atoms with E-state index in [1.54, 1.807) is 12.3 Å². The van der Waals surface area contributed by atoms with Crippen LogP contribution in [0.2, 0.25) is 0 Å². The maximum absolute atomic E-state index is 13.2. The highest BCUT2D eigenvalue weighted by Crippen LogP contribution is 2.10. The molecule has 2 aromatic rings. The second-order valence-corrected chi connectivity index (χ2v) is 6.30. The summed E-state index contributed by atoms with van der Waals surface area (Å²) in [5.41, 5.74) is 2.13. The minimum absolute atomic E-state index is 0.185. The molecule has 0 spiro atoms. The number of guanidine groups is 1. The van der Waals surface area contributed by atoms with Crippen LogP contribution in [0.25, 0.3) is 0 Å². The van der Waals surface area contributed by atoms with Crippen LogP contribution in [-0.2, 0) is 13.0 Å². The number of hydrogen-bond acceptors (Lipinski definition) is 2. The van der Waals surface area contributed by atoms with Crippen molar-refractivity contribution < 1.29 is 4.39 Å². The third-order valence-electron chi connectivity index (χ3n) is 3.95. The summed E-state index contributed by atoms with van der Waals surface area (Å²) < 4.78 is 15.1. The van der Waals surface area contributed by atoms with Gasteiger partial charge in [0.05, 0.1) is 0 Å². The maximum Gasteiger partial charge on any atom is 0.191 e. The van der Waals surface area contributed by atoms with Crippen LogP contribution in [-0.4, -0.2) is 35.4 Å². The van der Waals surface area contributed by atoms with Gasteiger partial charge in [0.25, 0.3) is 0 Å². The molecule has 1 heterocycles. The van der Waals surface area contributed by atoms with E-state index in [0.717, 1.165) is 49.7 Å². The van der Waals surface area contributed by atoms with Gasteiger partial charge in [-0.2, -0.15) is 5.10 Å². The molecule has 0 fully saturated rings. The molecule has 25 heavy (non-hydrogen) atoms. The summed E-state index contributed by atoms with van der Waals surface area (Å²) in [6, 6.07) is 6.87. The minimum atomic E-state index is -0.185. The van der Waals surface area contributed by atoms with Crippen LogP contribution in [0.15, 0.2) is 41.7 Å². The van der Waals surface area contributed by atoms with Crippen LogP contribution < -0.4 is 10.6 Å². The normalized spacial score (nSPS) is 12.9. The molecule has 5 nitrogen and oxygen atoms in total. The number of nitrogens with zero attached hydrogens (tertiary/aromatic N) is 3. The Morgan fingerprint density at radius 1 is 1.36 bits per heavy atom. The van der Waals surface area contributed by atoms with Crippen molar-refractivity contribution in [3.8, 4) is 0 Å². The van der Waals surface area contributed by atoms with Crippen LogP contribution in [0.3, 0.4) is 0 Å². The molecule has 1 atom stereocenters. The van der Waals surface area contributed by atoms with Gasteiger partial charge in [-0.3, -0.25) is 9.67 Å². The number of halogens is 1. The third kappa shape index (κ3) is 6.57. The summed E-state index contributed by atoms with van der Waals surface area (Å²) in [5.74, 6) is 1.03. The van der Waals surface area contributed by atoms with E-state index in [0.29, 0.717) is 5.92 Å². The Kier molecular flexibility index (Phi) is 7.44.